The smallest absolute Gasteiger partial charge is 0.349 e. The van der Waals surface area contributed by atoms with Crippen molar-refractivity contribution in [2.24, 2.45) is 0 Å². The SMILES string of the molecule is COC(=O)c1cn2c(I)cnc2s1. The van der Waals surface area contributed by atoms with Gasteiger partial charge in [0.25, 0.3) is 0 Å². The molecule has 0 atom stereocenters. The van der Waals surface area contributed by atoms with Crippen molar-refractivity contribution in [2.75, 3.05) is 7.11 Å². The van der Waals surface area contributed by atoms with Crippen LogP contribution in [0, 0.1) is 3.70 Å². The quantitative estimate of drug-likeness (QED) is 0.596. The number of methoxy groups -OCH3 is 1. The molecule has 2 rings (SSSR count). The van der Waals surface area contributed by atoms with Gasteiger partial charge in [0, 0.05) is 6.20 Å². The molecule has 0 radical (unpaired) electrons. The third-order valence-corrected chi connectivity index (χ3v) is 3.33. The molecule has 0 spiro atoms. The number of esters is 1. The molecule has 0 aliphatic heterocycles. The predicted molar refractivity (Wildman–Crippen MR) is 57.1 cm³/mol. The highest BCUT2D eigenvalue weighted by Gasteiger charge is 2.12. The van der Waals surface area contributed by atoms with Gasteiger partial charge in [0.15, 0.2) is 4.96 Å². The number of fused-ring (bicyclic) bond motifs is 1. The highest BCUT2D eigenvalue weighted by atomic mass is 127. The summed E-state index contributed by atoms with van der Waals surface area (Å²) in [7, 11) is 1.37. The van der Waals surface area contributed by atoms with E-state index < -0.39 is 0 Å². The summed E-state index contributed by atoms with van der Waals surface area (Å²) < 4.78 is 7.45. The van der Waals surface area contributed by atoms with Crippen LogP contribution >= 0.6 is 33.9 Å². The molecular formula is C7H5IN2O2S. The topological polar surface area (TPSA) is 43.6 Å². The molecule has 0 aliphatic rings. The summed E-state index contributed by atoms with van der Waals surface area (Å²) in [6.07, 6.45) is 3.49. The molecular weight excluding hydrogens is 303 g/mol. The normalized spacial score (nSPS) is 10.6. The number of rotatable bonds is 1. The van der Waals surface area contributed by atoms with Crippen LogP contribution in [0.4, 0.5) is 0 Å². The Morgan fingerprint density at radius 3 is 3.15 bits per heavy atom. The second kappa shape index (κ2) is 3.26. The van der Waals surface area contributed by atoms with E-state index in [4.69, 9.17) is 0 Å². The number of ether oxygens (including phenoxy) is 1. The van der Waals surface area contributed by atoms with E-state index in [1.807, 2.05) is 4.40 Å². The molecule has 0 aliphatic carbocycles. The van der Waals surface area contributed by atoms with E-state index in [1.165, 1.54) is 18.4 Å². The standard InChI is InChI=1S/C7H5IN2O2S/c1-12-6(11)4-3-10-5(8)2-9-7(10)13-4/h2-3H,1H3. The monoisotopic (exact) mass is 308 g/mol. The number of halogens is 1. The lowest BCUT2D eigenvalue weighted by molar-refractivity contribution is 0.0606. The molecule has 68 valence electrons. The average Bonchev–Trinajstić information content (AvgIpc) is 2.67. The molecule has 0 unspecified atom stereocenters. The lowest BCUT2D eigenvalue weighted by Gasteiger charge is -1.90. The first-order valence-electron chi connectivity index (χ1n) is 3.43. The minimum atomic E-state index is -0.314. The molecule has 6 heteroatoms. The molecule has 4 nitrogen and oxygen atoms in total. The van der Waals surface area contributed by atoms with Crippen LogP contribution in [0.5, 0.6) is 0 Å². The average molecular weight is 308 g/mol. The molecule has 0 saturated carbocycles. The minimum Gasteiger partial charge on any atom is -0.465 e. The van der Waals surface area contributed by atoms with Crippen LogP contribution < -0.4 is 0 Å². The number of thiazole rings is 1. The third kappa shape index (κ3) is 1.44. The summed E-state index contributed by atoms with van der Waals surface area (Å²) in [6, 6.07) is 0. The van der Waals surface area contributed by atoms with E-state index in [-0.39, 0.29) is 5.97 Å². The molecule has 2 aromatic rings. The highest BCUT2D eigenvalue weighted by molar-refractivity contribution is 14.1. The second-order valence-electron chi connectivity index (χ2n) is 2.32. The van der Waals surface area contributed by atoms with Crippen molar-refractivity contribution in [1.29, 1.82) is 0 Å². The molecule has 13 heavy (non-hydrogen) atoms. The second-order valence-corrected chi connectivity index (χ2v) is 4.43. The lowest BCUT2D eigenvalue weighted by atomic mass is 10.6. The first kappa shape index (κ1) is 8.95. The van der Waals surface area contributed by atoms with Crippen molar-refractivity contribution >= 4 is 44.9 Å². The fourth-order valence-corrected chi connectivity index (χ4v) is 2.50. The van der Waals surface area contributed by atoms with Crippen molar-refractivity contribution in [2.45, 2.75) is 0 Å². The number of carbonyl (C=O) groups excluding carboxylic acids is 1. The van der Waals surface area contributed by atoms with Crippen molar-refractivity contribution in [1.82, 2.24) is 9.38 Å². The van der Waals surface area contributed by atoms with E-state index in [1.54, 1.807) is 12.4 Å². The number of aromatic nitrogens is 2. The maximum atomic E-state index is 11.1. The Morgan fingerprint density at radius 2 is 2.54 bits per heavy atom. The number of hydrogen-bond donors (Lipinski definition) is 0. The van der Waals surface area contributed by atoms with Gasteiger partial charge in [-0.3, -0.25) is 4.40 Å². The van der Waals surface area contributed by atoms with Crippen LogP contribution in [-0.4, -0.2) is 22.5 Å². The first-order chi connectivity index (χ1) is 6.22. The van der Waals surface area contributed by atoms with Gasteiger partial charge in [0.2, 0.25) is 0 Å². The summed E-state index contributed by atoms with van der Waals surface area (Å²) in [5, 5.41) is 0. The molecule has 0 saturated heterocycles. The molecule has 0 fully saturated rings. The Labute approximate surface area is 91.7 Å². The Bertz CT molecular complexity index is 462. The number of imidazole rings is 1. The summed E-state index contributed by atoms with van der Waals surface area (Å²) in [5.74, 6) is -0.314. The van der Waals surface area contributed by atoms with Crippen molar-refractivity contribution in [3.63, 3.8) is 0 Å². The van der Waals surface area contributed by atoms with E-state index >= 15 is 0 Å². The largest absolute Gasteiger partial charge is 0.465 e. The van der Waals surface area contributed by atoms with Gasteiger partial charge in [-0.15, -0.1) is 0 Å². The number of hydrogen-bond acceptors (Lipinski definition) is 4. The molecule has 2 heterocycles. The first-order valence-corrected chi connectivity index (χ1v) is 5.32. The van der Waals surface area contributed by atoms with Gasteiger partial charge in [0.05, 0.1) is 13.3 Å². The van der Waals surface area contributed by atoms with Crippen LogP contribution in [0.1, 0.15) is 9.67 Å². The third-order valence-electron chi connectivity index (χ3n) is 1.55. The van der Waals surface area contributed by atoms with E-state index in [0.29, 0.717) is 4.88 Å². The maximum absolute atomic E-state index is 11.1. The van der Waals surface area contributed by atoms with Crippen LogP contribution in [0.2, 0.25) is 0 Å². The van der Waals surface area contributed by atoms with Gasteiger partial charge in [-0.1, -0.05) is 11.3 Å². The van der Waals surface area contributed by atoms with E-state index in [9.17, 15) is 4.79 Å². The van der Waals surface area contributed by atoms with Gasteiger partial charge >= 0.3 is 5.97 Å². The van der Waals surface area contributed by atoms with Gasteiger partial charge in [-0.05, 0) is 22.6 Å². The summed E-state index contributed by atoms with van der Waals surface area (Å²) in [5.41, 5.74) is 0. The van der Waals surface area contributed by atoms with Gasteiger partial charge in [-0.25, -0.2) is 9.78 Å². The fraction of sp³-hybridized carbons (Fsp3) is 0.143. The molecule has 2 aromatic heterocycles. The Morgan fingerprint density at radius 1 is 1.77 bits per heavy atom. The number of carbonyl (C=O) groups is 1. The zero-order valence-corrected chi connectivity index (χ0v) is 9.63. The van der Waals surface area contributed by atoms with Crippen molar-refractivity contribution in [3.8, 4) is 0 Å². The lowest BCUT2D eigenvalue weighted by Crippen LogP contribution is -1.97. The zero-order valence-electron chi connectivity index (χ0n) is 6.65. The number of nitrogens with zero attached hydrogens (tertiary/aromatic N) is 2. The van der Waals surface area contributed by atoms with Crippen LogP contribution in [0.15, 0.2) is 12.4 Å². The Hall–Kier alpha value is -0.630. The minimum absolute atomic E-state index is 0.314. The highest BCUT2D eigenvalue weighted by Crippen LogP contribution is 2.20. The van der Waals surface area contributed by atoms with Crippen molar-refractivity contribution in [3.05, 3.63) is 21.0 Å². The summed E-state index contributed by atoms with van der Waals surface area (Å²) in [6.45, 7) is 0. The van der Waals surface area contributed by atoms with Gasteiger partial charge in [-0.2, -0.15) is 0 Å². The Kier molecular flexibility index (Phi) is 2.24. The van der Waals surface area contributed by atoms with Gasteiger partial charge in [0.1, 0.15) is 8.58 Å². The summed E-state index contributed by atoms with van der Waals surface area (Å²) in [4.78, 5) is 16.6. The van der Waals surface area contributed by atoms with Gasteiger partial charge < -0.3 is 4.74 Å². The van der Waals surface area contributed by atoms with Crippen LogP contribution in [0.25, 0.3) is 4.96 Å². The zero-order chi connectivity index (χ0) is 9.42. The summed E-state index contributed by atoms with van der Waals surface area (Å²) >= 11 is 3.48. The molecule has 0 amide bonds. The molecule has 0 aromatic carbocycles. The Balaban J connectivity index is 2.56. The van der Waals surface area contributed by atoms with Crippen LogP contribution in [0.3, 0.4) is 0 Å². The van der Waals surface area contributed by atoms with E-state index in [0.717, 1.165) is 8.66 Å². The maximum Gasteiger partial charge on any atom is 0.349 e. The predicted octanol–water partition coefficient (Wildman–Crippen LogP) is 1.79. The molecule has 0 N–H and O–H groups in total. The van der Waals surface area contributed by atoms with E-state index in [2.05, 4.69) is 32.3 Å². The van der Waals surface area contributed by atoms with Crippen molar-refractivity contribution < 1.29 is 9.53 Å². The molecule has 0 bridgehead atoms. The fourth-order valence-electron chi connectivity index (χ4n) is 0.954. The van der Waals surface area contributed by atoms with Crippen LogP contribution in [-0.2, 0) is 4.74 Å².